The van der Waals surface area contributed by atoms with Crippen LogP contribution in [0, 0.1) is 11.8 Å². The highest BCUT2D eigenvalue weighted by Gasteiger charge is 2.35. The number of fused-ring (bicyclic) bond motifs is 3. The highest BCUT2D eigenvalue weighted by molar-refractivity contribution is 5.87. The number of benzene rings is 2. The zero-order valence-corrected chi connectivity index (χ0v) is 20.3. The van der Waals surface area contributed by atoms with Gasteiger partial charge in [0.05, 0.1) is 5.92 Å². The molecule has 2 amide bonds. The largest absolute Gasteiger partial charge is 0.481 e. The molecule has 4 rings (SSSR count). The number of hydrogen-bond donors (Lipinski definition) is 3. The molecule has 2 aliphatic carbocycles. The van der Waals surface area contributed by atoms with Gasteiger partial charge in [0.1, 0.15) is 12.6 Å². The van der Waals surface area contributed by atoms with Crippen molar-refractivity contribution in [1.29, 1.82) is 0 Å². The van der Waals surface area contributed by atoms with Crippen molar-refractivity contribution in [2.75, 3.05) is 6.61 Å². The van der Waals surface area contributed by atoms with E-state index < -0.39 is 30.1 Å². The summed E-state index contributed by atoms with van der Waals surface area (Å²) in [4.78, 5) is 37.6. The maximum Gasteiger partial charge on any atom is 0.407 e. The van der Waals surface area contributed by atoms with Crippen LogP contribution in [0.4, 0.5) is 4.79 Å². The van der Waals surface area contributed by atoms with E-state index in [-0.39, 0.29) is 24.3 Å². The summed E-state index contributed by atoms with van der Waals surface area (Å²) in [7, 11) is 0. The topological polar surface area (TPSA) is 105 Å². The molecule has 0 aliphatic heterocycles. The zero-order chi connectivity index (χ0) is 24.9. The molecule has 2 aliphatic rings. The molecule has 1 saturated carbocycles. The highest BCUT2D eigenvalue weighted by Crippen LogP contribution is 2.44. The summed E-state index contributed by atoms with van der Waals surface area (Å²) in [5.41, 5.74) is 4.54. The Morgan fingerprint density at radius 1 is 1.00 bits per heavy atom. The van der Waals surface area contributed by atoms with E-state index in [9.17, 15) is 19.5 Å². The summed E-state index contributed by atoms with van der Waals surface area (Å²) >= 11 is 0. The van der Waals surface area contributed by atoms with Gasteiger partial charge in [-0.25, -0.2) is 4.79 Å². The number of ether oxygens (including phenoxy) is 1. The van der Waals surface area contributed by atoms with E-state index in [1.54, 1.807) is 0 Å². The van der Waals surface area contributed by atoms with Crippen molar-refractivity contribution in [2.45, 2.75) is 64.0 Å². The Labute approximate surface area is 206 Å². The number of aliphatic carboxylic acids is 1. The Hall–Kier alpha value is -3.35. The fourth-order valence-electron chi connectivity index (χ4n) is 5.34. The highest BCUT2D eigenvalue weighted by atomic mass is 16.5. The van der Waals surface area contributed by atoms with Gasteiger partial charge in [-0.3, -0.25) is 9.59 Å². The van der Waals surface area contributed by atoms with Gasteiger partial charge < -0.3 is 20.5 Å². The van der Waals surface area contributed by atoms with E-state index in [0.717, 1.165) is 35.1 Å². The molecule has 0 aromatic heterocycles. The number of amides is 2. The first-order valence-corrected chi connectivity index (χ1v) is 12.5. The van der Waals surface area contributed by atoms with Crippen LogP contribution in [0.25, 0.3) is 11.1 Å². The number of carboxylic acid groups (broad SMARTS) is 1. The van der Waals surface area contributed by atoms with Crippen LogP contribution in [0.1, 0.15) is 63.0 Å². The summed E-state index contributed by atoms with van der Waals surface area (Å²) < 4.78 is 5.64. The third kappa shape index (κ3) is 5.34. The fraction of sp³-hybridized carbons (Fsp3) is 0.464. The molecule has 7 heteroatoms. The maximum atomic E-state index is 13.1. The maximum absolute atomic E-state index is 13.1. The molecular weight excluding hydrogens is 444 g/mol. The minimum Gasteiger partial charge on any atom is -0.481 e. The quantitative estimate of drug-likeness (QED) is 0.510. The van der Waals surface area contributed by atoms with Crippen LogP contribution in [0.3, 0.4) is 0 Å². The Balaban J connectivity index is 1.41. The van der Waals surface area contributed by atoms with Crippen LogP contribution in [0.5, 0.6) is 0 Å². The van der Waals surface area contributed by atoms with Gasteiger partial charge in [0, 0.05) is 12.0 Å². The SMILES string of the molecule is CCC(C)C(NC(=O)OCC1c2ccccc2-c2ccccc21)C(=O)NC1CCCCC1C(=O)O. The van der Waals surface area contributed by atoms with Crippen LogP contribution in [-0.2, 0) is 14.3 Å². The Morgan fingerprint density at radius 3 is 2.20 bits per heavy atom. The molecule has 0 saturated heterocycles. The third-order valence-electron chi connectivity index (χ3n) is 7.52. The van der Waals surface area contributed by atoms with E-state index in [0.29, 0.717) is 19.3 Å². The van der Waals surface area contributed by atoms with Gasteiger partial charge in [-0.2, -0.15) is 0 Å². The van der Waals surface area contributed by atoms with E-state index in [1.807, 2.05) is 38.1 Å². The lowest BCUT2D eigenvalue weighted by molar-refractivity contribution is -0.144. The van der Waals surface area contributed by atoms with Crippen LogP contribution < -0.4 is 10.6 Å². The van der Waals surface area contributed by atoms with Crippen LogP contribution in [-0.4, -0.2) is 41.8 Å². The van der Waals surface area contributed by atoms with Gasteiger partial charge in [0.2, 0.25) is 5.91 Å². The molecule has 4 atom stereocenters. The average Bonchev–Trinajstić information content (AvgIpc) is 3.19. The zero-order valence-electron chi connectivity index (χ0n) is 20.3. The van der Waals surface area contributed by atoms with Crippen molar-refractivity contribution < 1.29 is 24.2 Å². The second kappa shape index (κ2) is 10.9. The fourth-order valence-corrected chi connectivity index (χ4v) is 5.34. The third-order valence-corrected chi connectivity index (χ3v) is 7.52. The second-order valence-corrected chi connectivity index (χ2v) is 9.68. The smallest absolute Gasteiger partial charge is 0.407 e. The molecule has 0 spiro atoms. The van der Waals surface area contributed by atoms with Crippen LogP contribution in [0.2, 0.25) is 0 Å². The van der Waals surface area contributed by atoms with Crippen molar-refractivity contribution in [1.82, 2.24) is 10.6 Å². The lowest BCUT2D eigenvalue weighted by atomic mass is 9.84. The van der Waals surface area contributed by atoms with E-state index >= 15 is 0 Å². The Bertz CT molecular complexity index is 1040. The first-order valence-electron chi connectivity index (χ1n) is 12.5. The van der Waals surface area contributed by atoms with Gasteiger partial charge in [0.15, 0.2) is 0 Å². The van der Waals surface area contributed by atoms with Gasteiger partial charge in [-0.05, 0) is 41.0 Å². The van der Waals surface area contributed by atoms with Crippen molar-refractivity contribution in [2.24, 2.45) is 11.8 Å². The number of carbonyl (C=O) groups is 3. The molecule has 3 N–H and O–H groups in total. The normalized spacial score (nSPS) is 20.7. The van der Waals surface area contributed by atoms with Crippen LogP contribution in [0.15, 0.2) is 48.5 Å². The van der Waals surface area contributed by atoms with Gasteiger partial charge in [-0.15, -0.1) is 0 Å². The molecule has 2 aromatic rings. The van der Waals surface area contributed by atoms with Crippen LogP contribution >= 0.6 is 0 Å². The molecular formula is C28H34N2O5. The van der Waals surface area contributed by atoms with Crippen molar-refractivity contribution in [3.05, 3.63) is 59.7 Å². The lowest BCUT2D eigenvalue weighted by Crippen LogP contribution is -2.55. The lowest BCUT2D eigenvalue weighted by Gasteiger charge is -2.32. The molecule has 0 heterocycles. The number of carbonyl (C=O) groups excluding carboxylic acids is 2. The summed E-state index contributed by atoms with van der Waals surface area (Å²) in [6.45, 7) is 4.01. The first kappa shape index (κ1) is 24.8. The number of carboxylic acids is 1. The summed E-state index contributed by atoms with van der Waals surface area (Å²) in [6, 6.07) is 15.0. The predicted molar refractivity (Wildman–Crippen MR) is 133 cm³/mol. The Morgan fingerprint density at radius 2 is 1.60 bits per heavy atom. The first-order chi connectivity index (χ1) is 16.9. The van der Waals surface area contributed by atoms with Crippen molar-refractivity contribution >= 4 is 18.0 Å². The van der Waals surface area contributed by atoms with Gasteiger partial charge in [0.25, 0.3) is 0 Å². The van der Waals surface area contributed by atoms with E-state index in [2.05, 4.69) is 34.9 Å². The van der Waals surface area contributed by atoms with E-state index in [1.165, 1.54) is 0 Å². The minimum atomic E-state index is -0.889. The number of nitrogens with one attached hydrogen (secondary N) is 2. The molecule has 2 aromatic carbocycles. The molecule has 35 heavy (non-hydrogen) atoms. The summed E-state index contributed by atoms with van der Waals surface area (Å²) in [5, 5.41) is 15.2. The standard InChI is InChI=1S/C28H34N2O5/c1-3-17(2)25(26(31)29-24-15-9-8-14-22(24)27(32)33)30-28(34)35-16-23-20-12-6-4-10-18(20)19-11-5-7-13-21(19)23/h4-7,10-13,17,22-25H,3,8-9,14-16H2,1-2H3,(H,29,31)(H,30,34)(H,32,33). The minimum absolute atomic E-state index is 0.0670. The number of hydrogen-bond acceptors (Lipinski definition) is 4. The molecule has 186 valence electrons. The predicted octanol–water partition coefficient (Wildman–Crippen LogP) is 4.70. The molecule has 1 fully saturated rings. The molecule has 4 unspecified atom stereocenters. The van der Waals surface area contributed by atoms with Gasteiger partial charge >= 0.3 is 12.1 Å². The number of rotatable bonds is 8. The number of alkyl carbamates (subject to hydrolysis) is 1. The summed E-state index contributed by atoms with van der Waals surface area (Å²) in [5.74, 6) is -2.05. The average molecular weight is 479 g/mol. The molecule has 7 nitrogen and oxygen atoms in total. The molecule has 0 bridgehead atoms. The molecule has 0 radical (unpaired) electrons. The van der Waals surface area contributed by atoms with Crippen molar-refractivity contribution in [3.63, 3.8) is 0 Å². The summed E-state index contributed by atoms with van der Waals surface area (Å²) in [6.07, 6.45) is 2.92. The van der Waals surface area contributed by atoms with Gasteiger partial charge in [-0.1, -0.05) is 81.6 Å². The Kier molecular flexibility index (Phi) is 7.73. The second-order valence-electron chi connectivity index (χ2n) is 9.68. The van der Waals surface area contributed by atoms with Crippen molar-refractivity contribution in [3.8, 4) is 11.1 Å². The monoisotopic (exact) mass is 478 g/mol. The van der Waals surface area contributed by atoms with E-state index in [4.69, 9.17) is 4.74 Å².